The highest BCUT2D eigenvalue weighted by molar-refractivity contribution is 5.95. The summed E-state index contributed by atoms with van der Waals surface area (Å²) in [6.07, 6.45) is 2.55. The number of fused-ring (bicyclic) bond motifs is 1. The molecule has 3 N–H and O–H groups in total. The largest absolute Gasteiger partial charge is 0.334 e. The first kappa shape index (κ1) is 16.0. The van der Waals surface area contributed by atoms with Gasteiger partial charge in [-0.3, -0.25) is 9.48 Å². The maximum Gasteiger partial charge on any atom is 0.319 e. The van der Waals surface area contributed by atoms with Crippen LogP contribution in [-0.4, -0.2) is 21.7 Å². The van der Waals surface area contributed by atoms with Gasteiger partial charge < -0.3 is 16.0 Å². The Bertz CT molecular complexity index is 815. The van der Waals surface area contributed by atoms with Crippen molar-refractivity contribution in [1.82, 2.24) is 15.1 Å². The molecule has 0 unspecified atom stereocenters. The Morgan fingerprint density at radius 2 is 2.21 bits per heavy atom. The number of hydrogen-bond donors (Lipinski definition) is 3. The van der Waals surface area contributed by atoms with Gasteiger partial charge in [0, 0.05) is 37.0 Å². The molecule has 126 valence electrons. The Morgan fingerprint density at radius 3 is 2.92 bits per heavy atom. The second kappa shape index (κ2) is 6.31. The topological polar surface area (TPSA) is 88.1 Å². The molecule has 1 aliphatic heterocycles. The molecule has 0 radical (unpaired) electrons. The summed E-state index contributed by atoms with van der Waals surface area (Å²) in [4.78, 5) is 23.3. The van der Waals surface area contributed by atoms with Gasteiger partial charge in [0.25, 0.3) is 0 Å². The number of aryl methyl sites for hydroxylation is 2. The van der Waals surface area contributed by atoms with Crippen molar-refractivity contribution in [3.05, 3.63) is 41.0 Å². The van der Waals surface area contributed by atoms with Crippen molar-refractivity contribution < 1.29 is 14.0 Å². The second-order valence-electron chi connectivity index (χ2n) is 5.72. The normalized spacial score (nSPS) is 13.2. The maximum absolute atomic E-state index is 14.1. The molecule has 0 saturated heterocycles. The van der Waals surface area contributed by atoms with Crippen LogP contribution in [0.3, 0.4) is 0 Å². The molecule has 3 rings (SSSR count). The average molecular weight is 331 g/mol. The fraction of sp³-hybridized carbons (Fsp3) is 0.312. The zero-order chi connectivity index (χ0) is 17.3. The molecule has 8 heteroatoms. The van der Waals surface area contributed by atoms with Gasteiger partial charge in [0.05, 0.1) is 11.9 Å². The molecule has 2 heterocycles. The van der Waals surface area contributed by atoms with E-state index in [4.69, 9.17) is 0 Å². The number of amides is 3. The number of anilines is 2. The van der Waals surface area contributed by atoms with E-state index in [-0.39, 0.29) is 11.6 Å². The SMILES string of the molecule is Cc1c(CNC(=O)Nc2cc3c(cc2F)NC(=O)CC3)cnn1C. The minimum absolute atomic E-state index is 0.0882. The van der Waals surface area contributed by atoms with E-state index in [1.54, 1.807) is 16.9 Å². The minimum atomic E-state index is -0.594. The summed E-state index contributed by atoms with van der Waals surface area (Å²) >= 11 is 0. The van der Waals surface area contributed by atoms with Crippen LogP contribution >= 0.6 is 0 Å². The van der Waals surface area contributed by atoms with Crippen molar-refractivity contribution in [2.24, 2.45) is 7.05 Å². The van der Waals surface area contributed by atoms with E-state index in [1.165, 1.54) is 6.07 Å². The predicted octanol–water partition coefficient (Wildman–Crippen LogP) is 2.07. The van der Waals surface area contributed by atoms with Crippen molar-refractivity contribution in [2.75, 3.05) is 10.6 Å². The Balaban J connectivity index is 1.66. The summed E-state index contributed by atoms with van der Waals surface area (Å²) in [5.41, 5.74) is 3.19. The standard InChI is InChI=1S/C16H18FN5O2/c1-9-11(8-19-22(9)2)7-18-16(24)21-14-5-10-3-4-15(23)20-13(10)6-12(14)17/h5-6,8H,3-4,7H2,1-2H3,(H,20,23)(H2,18,21,24). The van der Waals surface area contributed by atoms with E-state index in [0.29, 0.717) is 25.1 Å². The van der Waals surface area contributed by atoms with Gasteiger partial charge in [-0.2, -0.15) is 5.10 Å². The summed E-state index contributed by atoms with van der Waals surface area (Å²) in [5.74, 6) is -0.726. The molecule has 3 amide bonds. The molecule has 0 saturated carbocycles. The van der Waals surface area contributed by atoms with Crippen LogP contribution in [0.15, 0.2) is 18.3 Å². The highest BCUT2D eigenvalue weighted by atomic mass is 19.1. The van der Waals surface area contributed by atoms with Crippen LogP contribution in [0.2, 0.25) is 0 Å². The van der Waals surface area contributed by atoms with Crippen LogP contribution in [0, 0.1) is 12.7 Å². The van der Waals surface area contributed by atoms with Gasteiger partial charge in [-0.15, -0.1) is 0 Å². The smallest absolute Gasteiger partial charge is 0.319 e. The van der Waals surface area contributed by atoms with E-state index in [0.717, 1.165) is 16.8 Å². The minimum Gasteiger partial charge on any atom is -0.334 e. The summed E-state index contributed by atoms with van der Waals surface area (Å²) < 4.78 is 15.8. The van der Waals surface area contributed by atoms with Crippen LogP contribution < -0.4 is 16.0 Å². The lowest BCUT2D eigenvalue weighted by atomic mass is 10.0. The predicted molar refractivity (Wildman–Crippen MR) is 87.2 cm³/mol. The van der Waals surface area contributed by atoms with Gasteiger partial charge in [0.1, 0.15) is 5.82 Å². The third-order valence-corrected chi connectivity index (χ3v) is 4.11. The van der Waals surface area contributed by atoms with E-state index in [1.807, 2.05) is 14.0 Å². The van der Waals surface area contributed by atoms with Crippen LogP contribution in [0.4, 0.5) is 20.6 Å². The number of hydrogen-bond acceptors (Lipinski definition) is 3. The first-order valence-electron chi connectivity index (χ1n) is 7.58. The molecule has 1 aromatic carbocycles. The number of carbonyl (C=O) groups is 2. The van der Waals surface area contributed by atoms with E-state index in [2.05, 4.69) is 21.0 Å². The number of benzene rings is 1. The molecule has 0 atom stereocenters. The number of aromatic nitrogens is 2. The van der Waals surface area contributed by atoms with Crippen LogP contribution in [0.1, 0.15) is 23.2 Å². The molecule has 0 aliphatic carbocycles. The molecule has 1 aromatic heterocycles. The van der Waals surface area contributed by atoms with Crippen molar-refractivity contribution >= 4 is 23.3 Å². The van der Waals surface area contributed by atoms with Gasteiger partial charge in [-0.1, -0.05) is 0 Å². The van der Waals surface area contributed by atoms with Gasteiger partial charge in [0.2, 0.25) is 5.91 Å². The fourth-order valence-corrected chi connectivity index (χ4v) is 2.56. The van der Waals surface area contributed by atoms with E-state index >= 15 is 0 Å². The average Bonchev–Trinajstić information content (AvgIpc) is 2.85. The zero-order valence-electron chi connectivity index (χ0n) is 13.4. The summed E-state index contributed by atoms with van der Waals surface area (Å²) in [7, 11) is 1.82. The van der Waals surface area contributed by atoms with Gasteiger partial charge >= 0.3 is 6.03 Å². The van der Waals surface area contributed by atoms with Gasteiger partial charge in [0.15, 0.2) is 0 Å². The molecule has 24 heavy (non-hydrogen) atoms. The Morgan fingerprint density at radius 1 is 1.42 bits per heavy atom. The maximum atomic E-state index is 14.1. The lowest BCUT2D eigenvalue weighted by molar-refractivity contribution is -0.116. The van der Waals surface area contributed by atoms with Gasteiger partial charge in [-0.25, -0.2) is 9.18 Å². The number of nitrogens with zero attached hydrogens (tertiary/aromatic N) is 2. The third kappa shape index (κ3) is 3.22. The molecule has 2 aromatic rings. The van der Waals surface area contributed by atoms with Crippen molar-refractivity contribution in [3.8, 4) is 0 Å². The number of carbonyl (C=O) groups excluding carboxylic acids is 2. The molecular weight excluding hydrogens is 313 g/mol. The first-order chi connectivity index (χ1) is 11.4. The molecule has 0 fully saturated rings. The van der Waals surface area contributed by atoms with Gasteiger partial charge in [-0.05, 0) is 31.0 Å². The van der Waals surface area contributed by atoms with Crippen molar-refractivity contribution in [1.29, 1.82) is 0 Å². The molecular formula is C16H18FN5O2. The Hall–Kier alpha value is -2.90. The van der Waals surface area contributed by atoms with Crippen molar-refractivity contribution in [2.45, 2.75) is 26.3 Å². The molecule has 0 spiro atoms. The fourth-order valence-electron chi connectivity index (χ4n) is 2.56. The van der Waals surface area contributed by atoms with E-state index < -0.39 is 11.8 Å². The third-order valence-electron chi connectivity index (χ3n) is 4.11. The first-order valence-corrected chi connectivity index (χ1v) is 7.58. The van der Waals surface area contributed by atoms with Crippen LogP contribution in [0.25, 0.3) is 0 Å². The molecule has 1 aliphatic rings. The van der Waals surface area contributed by atoms with Crippen LogP contribution in [-0.2, 0) is 24.8 Å². The highest BCUT2D eigenvalue weighted by Crippen LogP contribution is 2.28. The lowest BCUT2D eigenvalue weighted by Gasteiger charge is -2.18. The Labute approximate surface area is 138 Å². The van der Waals surface area contributed by atoms with Crippen LogP contribution in [0.5, 0.6) is 0 Å². The quantitative estimate of drug-likeness (QED) is 0.804. The lowest BCUT2D eigenvalue weighted by Crippen LogP contribution is -2.29. The molecule has 7 nitrogen and oxygen atoms in total. The second-order valence-corrected chi connectivity index (χ2v) is 5.72. The monoisotopic (exact) mass is 331 g/mol. The number of nitrogens with one attached hydrogen (secondary N) is 3. The summed E-state index contributed by atoms with van der Waals surface area (Å²) in [6, 6.07) is 2.28. The highest BCUT2D eigenvalue weighted by Gasteiger charge is 2.18. The zero-order valence-corrected chi connectivity index (χ0v) is 13.4. The van der Waals surface area contributed by atoms with E-state index in [9.17, 15) is 14.0 Å². The number of rotatable bonds is 3. The Kier molecular flexibility index (Phi) is 4.20. The number of halogens is 1. The summed E-state index contributed by atoms with van der Waals surface area (Å²) in [6.45, 7) is 2.20. The number of urea groups is 1. The van der Waals surface area contributed by atoms with Crippen molar-refractivity contribution in [3.63, 3.8) is 0 Å². The molecule has 0 bridgehead atoms. The summed E-state index contributed by atoms with van der Waals surface area (Å²) in [5, 5.41) is 11.9.